The Morgan fingerprint density at radius 3 is 1.31 bits per heavy atom. The molecule has 7 aromatic carbocycles. The molecular weight excluding hydrogens is 659 g/mol. The van der Waals surface area contributed by atoms with Crippen molar-refractivity contribution in [3.63, 3.8) is 0 Å². The minimum atomic E-state index is 0.633. The topological polar surface area (TPSA) is 64.5 Å². The highest BCUT2D eigenvalue weighted by Crippen LogP contribution is 2.39. The van der Waals surface area contributed by atoms with Gasteiger partial charge in [0.1, 0.15) is 0 Å². The average Bonchev–Trinajstić information content (AvgIpc) is 3.27. The van der Waals surface area contributed by atoms with Crippen LogP contribution in [0.3, 0.4) is 0 Å². The minimum Gasteiger partial charge on any atom is -0.255 e. The molecule has 0 aliphatic rings. The second-order valence-corrected chi connectivity index (χ2v) is 13.3. The van der Waals surface area contributed by atoms with E-state index in [9.17, 15) is 0 Å². The van der Waals surface area contributed by atoms with Gasteiger partial charge in [-0.1, -0.05) is 146 Å². The van der Waals surface area contributed by atoms with Crippen molar-refractivity contribution in [2.45, 2.75) is 0 Å². The third kappa shape index (κ3) is 5.74. The predicted octanol–water partition coefficient (Wildman–Crippen LogP) is 12.1. The largest absolute Gasteiger partial charge is 0.255 e. The van der Waals surface area contributed by atoms with Crippen LogP contribution in [0.1, 0.15) is 0 Å². The standard InChI is InChI=1S/C49H31N5/c1-3-11-32(12-4-1)33-18-20-35(21-19-33)48-52-47(34-13-5-2-6-14-34)53-49(54-48)37-23-26-42-41-25-22-36(29-43(41)39-15-7-8-16-40(39)44(42)30-37)38-24-27-46(51-31-38)45-17-9-10-28-50-45/h1-31H. The van der Waals surface area contributed by atoms with Crippen LogP contribution in [0, 0.1) is 0 Å². The van der Waals surface area contributed by atoms with E-state index in [4.69, 9.17) is 19.9 Å². The normalized spacial score (nSPS) is 11.3. The average molecular weight is 690 g/mol. The molecule has 0 aliphatic carbocycles. The van der Waals surface area contributed by atoms with Gasteiger partial charge in [-0.05, 0) is 79.3 Å². The first kappa shape index (κ1) is 31.4. The van der Waals surface area contributed by atoms with Gasteiger partial charge < -0.3 is 0 Å². The first-order valence-electron chi connectivity index (χ1n) is 18.0. The van der Waals surface area contributed by atoms with Gasteiger partial charge in [-0.25, -0.2) is 15.0 Å². The number of benzene rings is 7. The molecule has 0 bridgehead atoms. The molecule has 0 aliphatic heterocycles. The van der Waals surface area contributed by atoms with Gasteiger partial charge in [-0.3, -0.25) is 9.97 Å². The van der Waals surface area contributed by atoms with E-state index < -0.39 is 0 Å². The highest BCUT2D eigenvalue weighted by molar-refractivity contribution is 6.26. The van der Waals surface area contributed by atoms with Gasteiger partial charge in [-0.15, -0.1) is 0 Å². The molecular formula is C49H31N5. The van der Waals surface area contributed by atoms with Gasteiger partial charge in [0.25, 0.3) is 0 Å². The Labute approximate surface area is 312 Å². The lowest BCUT2D eigenvalue weighted by Crippen LogP contribution is -2.00. The molecule has 0 atom stereocenters. The number of fused-ring (bicyclic) bond motifs is 6. The fraction of sp³-hybridized carbons (Fsp3) is 0. The molecule has 252 valence electrons. The van der Waals surface area contributed by atoms with Gasteiger partial charge in [-0.2, -0.15) is 0 Å². The molecule has 5 nitrogen and oxygen atoms in total. The number of rotatable bonds is 6. The third-order valence-electron chi connectivity index (χ3n) is 10.0. The molecule has 3 aromatic heterocycles. The molecule has 0 fully saturated rings. The summed E-state index contributed by atoms with van der Waals surface area (Å²) in [6.45, 7) is 0. The molecule has 5 heteroatoms. The fourth-order valence-electron chi connectivity index (χ4n) is 7.30. The Bertz CT molecular complexity index is 2930. The second-order valence-electron chi connectivity index (χ2n) is 13.3. The number of hydrogen-bond acceptors (Lipinski definition) is 5. The van der Waals surface area contributed by atoms with E-state index in [1.165, 1.54) is 32.5 Å². The Balaban J connectivity index is 1.09. The van der Waals surface area contributed by atoms with Gasteiger partial charge in [0.15, 0.2) is 17.5 Å². The van der Waals surface area contributed by atoms with E-state index in [2.05, 4.69) is 120 Å². The SMILES string of the molecule is c1ccc(-c2ccc(-c3nc(-c4ccccc4)nc(-c4ccc5c6ccc(-c7ccc(-c8ccccn8)nc7)cc6c6ccccc6c5c4)n3)cc2)cc1. The Morgan fingerprint density at radius 1 is 0.259 bits per heavy atom. The Hall–Kier alpha value is -7.37. The maximum absolute atomic E-state index is 5.09. The van der Waals surface area contributed by atoms with Crippen LogP contribution in [-0.2, 0) is 0 Å². The summed E-state index contributed by atoms with van der Waals surface area (Å²) in [5.74, 6) is 1.91. The smallest absolute Gasteiger partial charge is 0.164 e. The monoisotopic (exact) mass is 689 g/mol. The van der Waals surface area contributed by atoms with Crippen molar-refractivity contribution in [1.82, 2.24) is 24.9 Å². The third-order valence-corrected chi connectivity index (χ3v) is 10.0. The van der Waals surface area contributed by atoms with E-state index >= 15 is 0 Å². The molecule has 0 spiro atoms. The summed E-state index contributed by atoms with van der Waals surface area (Å²) in [7, 11) is 0. The van der Waals surface area contributed by atoms with Gasteiger partial charge in [0.2, 0.25) is 0 Å². The molecule has 3 heterocycles. The zero-order valence-corrected chi connectivity index (χ0v) is 29.1. The molecule has 10 aromatic rings. The van der Waals surface area contributed by atoms with Crippen LogP contribution in [0.4, 0.5) is 0 Å². The van der Waals surface area contributed by atoms with E-state index in [1.54, 1.807) is 6.20 Å². The highest BCUT2D eigenvalue weighted by Gasteiger charge is 2.16. The molecule has 0 saturated heterocycles. The molecule has 10 rings (SSSR count). The number of nitrogens with zero attached hydrogens (tertiary/aromatic N) is 5. The number of hydrogen-bond donors (Lipinski definition) is 0. The zero-order valence-electron chi connectivity index (χ0n) is 29.1. The van der Waals surface area contributed by atoms with E-state index in [0.29, 0.717) is 17.5 Å². The van der Waals surface area contributed by atoms with Gasteiger partial charge in [0.05, 0.1) is 11.4 Å². The van der Waals surface area contributed by atoms with Crippen LogP contribution in [0.2, 0.25) is 0 Å². The first-order valence-corrected chi connectivity index (χ1v) is 18.0. The van der Waals surface area contributed by atoms with Crippen molar-refractivity contribution in [2.75, 3.05) is 0 Å². The highest BCUT2D eigenvalue weighted by atomic mass is 15.0. The predicted molar refractivity (Wildman–Crippen MR) is 221 cm³/mol. The Kier molecular flexibility index (Phi) is 7.73. The molecule has 0 amide bonds. The lowest BCUT2D eigenvalue weighted by Gasteiger charge is -2.14. The van der Waals surface area contributed by atoms with Gasteiger partial charge >= 0.3 is 0 Å². The van der Waals surface area contributed by atoms with Crippen molar-refractivity contribution in [3.8, 4) is 67.8 Å². The first-order chi connectivity index (χ1) is 26.7. The van der Waals surface area contributed by atoms with Crippen LogP contribution in [0.15, 0.2) is 188 Å². The number of aromatic nitrogens is 5. The summed E-state index contributed by atoms with van der Waals surface area (Å²) in [6.07, 6.45) is 3.73. The summed E-state index contributed by atoms with van der Waals surface area (Å²) in [5.41, 5.74) is 9.03. The van der Waals surface area contributed by atoms with E-state index in [-0.39, 0.29) is 0 Å². The zero-order chi connectivity index (χ0) is 35.8. The summed E-state index contributed by atoms with van der Waals surface area (Å²) in [4.78, 5) is 24.3. The molecule has 0 saturated carbocycles. The van der Waals surface area contributed by atoms with Crippen LogP contribution >= 0.6 is 0 Å². The molecule has 0 N–H and O–H groups in total. The molecule has 0 radical (unpaired) electrons. The van der Waals surface area contributed by atoms with Crippen LogP contribution in [0.25, 0.3) is 100 Å². The van der Waals surface area contributed by atoms with Crippen molar-refractivity contribution >= 4 is 32.3 Å². The van der Waals surface area contributed by atoms with Crippen molar-refractivity contribution in [2.24, 2.45) is 0 Å². The fourth-order valence-corrected chi connectivity index (χ4v) is 7.30. The van der Waals surface area contributed by atoms with Gasteiger partial charge in [0, 0.05) is 34.6 Å². The number of pyridine rings is 2. The van der Waals surface area contributed by atoms with Crippen LogP contribution < -0.4 is 0 Å². The van der Waals surface area contributed by atoms with Crippen molar-refractivity contribution < 1.29 is 0 Å². The second kappa shape index (κ2) is 13.3. The molecule has 54 heavy (non-hydrogen) atoms. The minimum absolute atomic E-state index is 0.633. The maximum atomic E-state index is 5.09. The van der Waals surface area contributed by atoms with E-state index in [1.807, 2.05) is 66.9 Å². The van der Waals surface area contributed by atoms with Crippen LogP contribution in [0.5, 0.6) is 0 Å². The van der Waals surface area contributed by atoms with Crippen molar-refractivity contribution in [1.29, 1.82) is 0 Å². The lowest BCUT2D eigenvalue weighted by molar-refractivity contribution is 1.07. The summed E-state index contributed by atoms with van der Waals surface area (Å²) in [6, 6.07) is 60.9. The summed E-state index contributed by atoms with van der Waals surface area (Å²) in [5, 5.41) is 7.09. The van der Waals surface area contributed by atoms with Crippen molar-refractivity contribution in [3.05, 3.63) is 188 Å². The molecule has 0 unspecified atom stereocenters. The quantitative estimate of drug-likeness (QED) is 0.163. The lowest BCUT2D eigenvalue weighted by atomic mass is 9.91. The Morgan fingerprint density at radius 2 is 0.704 bits per heavy atom. The summed E-state index contributed by atoms with van der Waals surface area (Å²) < 4.78 is 0. The summed E-state index contributed by atoms with van der Waals surface area (Å²) >= 11 is 0. The van der Waals surface area contributed by atoms with E-state index in [0.717, 1.165) is 50.2 Å². The maximum Gasteiger partial charge on any atom is 0.164 e. The van der Waals surface area contributed by atoms with Crippen LogP contribution in [-0.4, -0.2) is 24.9 Å².